The van der Waals surface area contributed by atoms with Crippen molar-refractivity contribution < 1.29 is 9.59 Å². The first-order valence-corrected chi connectivity index (χ1v) is 5.14. The van der Waals surface area contributed by atoms with Crippen LogP contribution in [-0.4, -0.2) is 29.7 Å². The van der Waals surface area contributed by atoms with Crippen LogP contribution in [0.4, 0.5) is 0 Å². The molecule has 2 rings (SSSR count). The highest BCUT2D eigenvalue weighted by Crippen LogP contribution is 2.18. The molecule has 0 spiro atoms. The van der Waals surface area contributed by atoms with Gasteiger partial charge in [-0.2, -0.15) is 0 Å². The summed E-state index contributed by atoms with van der Waals surface area (Å²) < 4.78 is 0. The summed E-state index contributed by atoms with van der Waals surface area (Å²) in [6, 6.07) is 8.87. The van der Waals surface area contributed by atoms with Gasteiger partial charge in [-0.1, -0.05) is 18.2 Å². The number of nitrogens with zero attached hydrogens (tertiary/aromatic N) is 1. The maximum atomic E-state index is 12.0. The van der Waals surface area contributed by atoms with Crippen LogP contribution in [-0.2, 0) is 4.79 Å². The first-order chi connectivity index (χ1) is 7.33. The Labute approximate surface area is 88.7 Å². The molecule has 1 aliphatic heterocycles. The average molecular weight is 203 g/mol. The molecule has 1 fully saturated rings. The predicted molar refractivity (Wildman–Crippen MR) is 56.6 cm³/mol. The van der Waals surface area contributed by atoms with Gasteiger partial charge in [0.1, 0.15) is 6.29 Å². The monoisotopic (exact) mass is 203 g/mol. The summed E-state index contributed by atoms with van der Waals surface area (Å²) in [7, 11) is 0. The molecule has 1 aromatic rings. The van der Waals surface area contributed by atoms with Crippen molar-refractivity contribution in [3.05, 3.63) is 35.9 Å². The molecule has 15 heavy (non-hydrogen) atoms. The molecule has 1 atom stereocenters. The highest BCUT2D eigenvalue weighted by Gasteiger charge is 2.28. The van der Waals surface area contributed by atoms with E-state index in [0.29, 0.717) is 12.1 Å². The van der Waals surface area contributed by atoms with Gasteiger partial charge < -0.3 is 9.69 Å². The number of carbonyl (C=O) groups excluding carboxylic acids is 2. The van der Waals surface area contributed by atoms with Gasteiger partial charge in [0.25, 0.3) is 5.91 Å². The van der Waals surface area contributed by atoms with Crippen molar-refractivity contribution >= 4 is 12.2 Å². The van der Waals surface area contributed by atoms with Crippen LogP contribution in [0.2, 0.25) is 0 Å². The molecule has 1 amide bonds. The van der Waals surface area contributed by atoms with E-state index in [-0.39, 0.29) is 11.9 Å². The van der Waals surface area contributed by atoms with Crippen LogP contribution in [0.5, 0.6) is 0 Å². The van der Waals surface area contributed by atoms with Gasteiger partial charge in [-0.3, -0.25) is 4.79 Å². The lowest BCUT2D eigenvalue weighted by molar-refractivity contribution is -0.111. The Hall–Kier alpha value is -1.64. The predicted octanol–water partition coefficient (Wildman–Crippen LogP) is 1.49. The number of benzene rings is 1. The second-order valence-corrected chi connectivity index (χ2v) is 3.71. The number of likely N-dealkylation sites (tertiary alicyclic amines) is 1. The molecular formula is C12H13NO2. The van der Waals surface area contributed by atoms with Crippen LogP contribution < -0.4 is 0 Å². The second kappa shape index (κ2) is 4.26. The van der Waals surface area contributed by atoms with Gasteiger partial charge in [-0.25, -0.2) is 0 Å². The average Bonchev–Trinajstić information content (AvgIpc) is 2.77. The summed E-state index contributed by atoms with van der Waals surface area (Å²) in [5.74, 6) is -0.0369. The lowest BCUT2D eigenvalue weighted by atomic mass is 10.2. The molecule has 1 unspecified atom stereocenters. The van der Waals surface area contributed by atoms with Crippen molar-refractivity contribution in [3.63, 3.8) is 0 Å². The molecule has 0 radical (unpaired) electrons. The molecule has 1 aromatic carbocycles. The number of aldehydes is 1. The highest BCUT2D eigenvalue weighted by atomic mass is 16.2. The Morgan fingerprint density at radius 2 is 2.07 bits per heavy atom. The third-order valence-corrected chi connectivity index (χ3v) is 2.74. The molecule has 0 bridgehead atoms. The van der Waals surface area contributed by atoms with E-state index in [0.717, 1.165) is 19.1 Å². The number of hydrogen-bond acceptors (Lipinski definition) is 2. The number of hydrogen-bond donors (Lipinski definition) is 0. The smallest absolute Gasteiger partial charge is 0.254 e. The topological polar surface area (TPSA) is 37.4 Å². The zero-order valence-electron chi connectivity index (χ0n) is 8.43. The molecule has 0 N–H and O–H groups in total. The minimum atomic E-state index is -0.224. The summed E-state index contributed by atoms with van der Waals surface area (Å²) in [4.78, 5) is 24.4. The van der Waals surface area contributed by atoms with Crippen LogP contribution in [0, 0.1) is 0 Å². The normalized spacial score (nSPS) is 20.3. The van der Waals surface area contributed by atoms with Gasteiger partial charge in [-0.15, -0.1) is 0 Å². The van der Waals surface area contributed by atoms with Gasteiger partial charge in [0, 0.05) is 12.1 Å². The lowest BCUT2D eigenvalue weighted by Crippen LogP contribution is -2.36. The summed E-state index contributed by atoms with van der Waals surface area (Å²) in [6.45, 7) is 0.692. The van der Waals surface area contributed by atoms with E-state index < -0.39 is 0 Å². The Morgan fingerprint density at radius 3 is 2.73 bits per heavy atom. The van der Waals surface area contributed by atoms with Crippen molar-refractivity contribution in [1.29, 1.82) is 0 Å². The Balaban J connectivity index is 2.18. The van der Waals surface area contributed by atoms with E-state index in [1.54, 1.807) is 17.0 Å². The fraction of sp³-hybridized carbons (Fsp3) is 0.333. The quantitative estimate of drug-likeness (QED) is 0.683. The first kappa shape index (κ1) is 9.90. The molecule has 78 valence electrons. The minimum absolute atomic E-state index is 0.0369. The zero-order chi connectivity index (χ0) is 10.7. The second-order valence-electron chi connectivity index (χ2n) is 3.71. The molecular weight excluding hydrogens is 190 g/mol. The Kier molecular flexibility index (Phi) is 2.81. The van der Waals surface area contributed by atoms with Crippen LogP contribution >= 0.6 is 0 Å². The molecule has 3 heteroatoms. The van der Waals surface area contributed by atoms with E-state index in [4.69, 9.17) is 0 Å². The van der Waals surface area contributed by atoms with Gasteiger partial charge in [0.05, 0.1) is 6.04 Å². The largest absolute Gasteiger partial charge is 0.329 e. The van der Waals surface area contributed by atoms with Crippen LogP contribution in [0.3, 0.4) is 0 Å². The summed E-state index contributed by atoms with van der Waals surface area (Å²) in [5.41, 5.74) is 0.659. The van der Waals surface area contributed by atoms with Crippen molar-refractivity contribution in [2.24, 2.45) is 0 Å². The first-order valence-electron chi connectivity index (χ1n) is 5.14. The van der Waals surface area contributed by atoms with Crippen molar-refractivity contribution in [2.45, 2.75) is 18.9 Å². The van der Waals surface area contributed by atoms with E-state index in [1.807, 2.05) is 18.2 Å². The lowest BCUT2D eigenvalue weighted by Gasteiger charge is -2.20. The number of rotatable bonds is 2. The van der Waals surface area contributed by atoms with Gasteiger partial charge in [0.2, 0.25) is 0 Å². The third-order valence-electron chi connectivity index (χ3n) is 2.74. The van der Waals surface area contributed by atoms with E-state index in [9.17, 15) is 9.59 Å². The van der Waals surface area contributed by atoms with E-state index in [2.05, 4.69) is 0 Å². The minimum Gasteiger partial charge on any atom is -0.329 e. The summed E-state index contributed by atoms with van der Waals surface area (Å²) in [5, 5.41) is 0. The maximum Gasteiger partial charge on any atom is 0.254 e. The van der Waals surface area contributed by atoms with Gasteiger partial charge >= 0.3 is 0 Å². The maximum absolute atomic E-state index is 12.0. The van der Waals surface area contributed by atoms with Crippen molar-refractivity contribution in [1.82, 2.24) is 4.90 Å². The van der Waals surface area contributed by atoms with Crippen LogP contribution in [0.1, 0.15) is 23.2 Å². The Bertz CT molecular complexity index is 361. The fourth-order valence-corrected chi connectivity index (χ4v) is 1.93. The highest BCUT2D eigenvalue weighted by molar-refractivity contribution is 5.95. The van der Waals surface area contributed by atoms with Crippen molar-refractivity contribution in [2.75, 3.05) is 6.54 Å². The SMILES string of the molecule is O=CC1CCCN1C(=O)c1ccccc1. The summed E-state index contributed by atoms with van der Waals surface area (Å²) >= 11 is 0. The Morgan fingerprint density at radius 1 is 1.33 bits per heavy atom. The van der Waals surface area contributed by atoms with E-state index >= 15 is 0 Å². The molecule has 0 aromatic heterocycles. The fourth-order valence-electron chi connectivity index (χ4n) is 1.93. The molecule has 1 heterocycles. The molecule has 0 aliphatic carbocycles. The molecule has 1 saturated heterocycles. The number of amides is 1. The molecule has 1 aliphatic rings. The van der Waals surface area contributed by atoms with Crippen LogP contribution in [0.25, 0.3) is 0 Å². The summed E-state index contributed by atoms with van der Waals surface area (Å²) in [6.07, 6.45) is 2.58. The standard InChI is InChI=1S/C12H13NO2/c14-9-11-7-4-8-13(11)12(15)10-5-2-1-3-6-10/h1-3,5-6,9,11H,4,7-8H2. The third kappa shape index (κ3) is 1.91. The molecule has 3 nitrogen and oxygen atoms in total. The van der Waals surface area contributed by atoms with Gasteiger partial charge in [-0.05, 0) is 25.0 Å². The van der Waals surface area contributed by atoms with Gasteiger partial charge in [0.15, 0.2) is 0 Å². The zero-order valence-corrected chi connectivity index (χ0v) is 8.43. The van der Waals surface area contributed by atoms with E-state index in [1.165, 1.54) is 0 Å². The number of carbonyl (C=O) groups is 2. The van der Waals surface area contributed by atoms with Crippen molar-refractivity contribution in [3.8, 4) is 0 Å². The van der Waals surface area contributed by atoms with Crippen LogP contribution in [0.15, 0.2) is 30.3 Å². The molecule has 0 saturated carbocycles.